The van der Waals surface area contributed by atoms with Crippen molar-refractivity contribution in [3.05, 3.63) is 0 Å². The van der Waals surface area contributed by atoms with Gasteiger partial charge < -0.3 is 20.3 Å². The highest BCUT2D eigenvalue weighted by Gasteiger charge is 2.21. The van der Waals surface area contributed by atoms with Crippen LogP contribution in [0.4, 0.5) is 0 Å². The summed E-state index contributed by atoms with van der Waals surface area (Å²) in [5.41, 5.74) is 0. The lowest BCUT2D eigenvalue weighted by Gasteiger charge is -2.29. The molecule has 0 spiro atoms. The first-order valence-corrected chi connectivity index (χ1v) is 5.26. The third-order valence-electron chi connectivity index (χ3n) is 2.68. The van der Waals surface area contributed by atoms with Crippen LogP contribution in [0.25, 0.3) is 0 Å². The predicted octanol–water partition coefficient (Wildman–Crippen LogP) is -0.824. The molecule has 1 radical (unpaired) electrons. The van der Waals surface area contributed by atoms with Gasteiger partial charge in [-0.3, -0.25) is 4.79 Å². The van der Waals surface area contributed by atoms with Gasteiger partial charge in [0.2, 0.25) is 5.91 Å². The van der Waals surface area contributed by atoms with E-state index in [9.17, 15) is 4.79 Å². The molecule has 6 heteroatoms. The summed E-state index contributed by atoms with van der Waals surface area (Å²) in [5.74, 6) is -0.0531. The predicted molar refractivity (Wildman–Crippen MR) is 57.2 cm³/mol. The van der Waals surface area contributed by atoms with Gasteiger partial charge in [-0.15, -0.1) is 0 Å². The van der Waals surface area contributed by atoms with Crippen LogP contribution in [-0.2, 0) is 9.53 Å². The zero-order valence-electron chi connectivity index (χ0n) is 9.03. The molecule has 1 saturated carbocycles. The molecule has 15 heavy (non-hydrogen) atoms. The Hall–Kier alpha value is -0.585. The molecule has 0 aromatic carbocycles. The molecule has 0 aromatic heterocycles. The van der Waals surface area contributed by atoms with E-state index in [-0.39, 0.29) is 18.6 Å². The van der Waals surface area contributed by atoms with Crippen molar-refractivity contribution in [1.29, 1.82) is 0 Å². The van der Waals surface area contributed by atoms with Crippen molar-refractivity contribution < 1.29 is 14.6 Å². The smallest absolute Gasteiger partial charge is 0.393 e. The van der Waals surface area contributed by atoms with Gasteiger partial charge in [0.25, 0.3) is 0 Å². The van der Waals surface area contributed by atoms with Gasteiger partial charge in [0.05, 0.1) is 0 Å². The summed E-state index contributed by atoms with van der Waals surface area (Å²) < 4.78 is 4.74. The van der Waals surface area contributed by atoms with E-state index in [1.165, 1.54) is 7.11 Å². The zero-order valence-corrected chi connectivity index (χ0v) is 9.03. The first kappa shape index (κ1) is 12.5. The van der Waals surface area contributed by atoms with Gasteiger partial charge in [0.1, 0.15) is 6.61 Å². The fourth-order valence-electron chi connectivity index (χ4n) is 1.91. The third-order valence-corrected chi connectivity index (χ3v) is 2.68. The van der Waals surface area contributed by atoms with E-state index in [0.717, 1.165) is 33.3 Å². The number of ether oxygens (including phenoxy) is 1. The Kier molecular flexibility index (Phi) is 5.67. The molecule has 0 aromatic rings. The highest BCUT2D eigenvalue weighted by molar-refractivity contribution is 6.21. The molecule has 1 fully saturated rings. The Morgan fingerprint density at radius 3 is 2.53 bits per heavy atom. The first-order chi connectivity index (χ1) is 7.26. The number of nitrogens with one attached hydrogen (secondary N) is 2. The van der Waals surface area contributed by atoms with E-state index < -0.39 is 0 Å². The molecule has 1 aliphatic rings. The van der Waals surface area contributed by atoms with Crippen LogP contribution in [0.1, 0.15) is 25.7 Å². The molecule has 85 valence electrons. The largest absolute Gasteiger partial charge is 0.440 e. The van der Waals surface area contributed by atoms with Crippen LogP contribution in [0, 0.1) is 0 Å². The maximum Gasteiger partial charge on any atom is 0.393 e. The van der Waals surface area contributed by atoms with Crippen LogP contribution in [0.2, 0.25) is 0 Å². The van der Waals surface area contributed by atoms with Gasteiger partial charge in [-0.25, -0.2) is 0 Å². The van der Waals surface area contributed by atoms with Gasteiger partial charge in [-0.1, -0.05) is 0 Å². The molecule has 5 nitrogen and oxygen atoms in total. The van der Waals surface area contributed by atoms with Gasteiger partial charge in [-0.2, -0.15) is 0 Å². The molecule has 0 saturated heterocycles. The summed E-state index contributed by atoms with van der Waals surface area (Å²) in [6.45, 7) is 0.128. The van der Waals surface area contributed by atoms with Gasteiger partial charge in [-0.05, 0) is 31.7 Å². The molecule has 1 aliphatic carbocycles. The summed E-state index contributed by atoms with van der Waals surface area (Å²) in [5, 5.41) is 14.4. The highest BCUT2D eigenvalue weighted by atomic mass is 16.5. The van der Waals surface area contributed by atoms with E-state index in [2.05, 4.69) is 10.5 Å². The van der Waals surface area contributed by atoms with Crippen molar-refractivity contribution in [2.45, 2.75) is 37.8 Å². The molecule has 0 atom stereocenters. The average molecular weight is 213 g/mol. The number of rotatable bonds is 5. The number of methoxy groups -OCH3 is 1. The van der Waals surface area contributed by atoms with Crippen LogP contribution in [-0.4, -0.2) is 44.3 Å². The van der Waals surface area contributed by atoms with Crippen LogP contribution >= 0.6 is 0 Å². The molecule has 0 heterocycles. The van der Waals surface area contributed by atoms with Crippen molar-refractivity contribution in [2.75, 3.05) is 13.7 Å². The van der Waals surface area contributed by atoms with Crippen molar-refractivity contribution in [3.8, 4) is 0 Å². The normalized spacial score (nSPS) is 26.0. The second-order valence-electron chi connectivity index (χ2n) is 3.84. The number of carbonyl (C=O) groups excluding carboxylic acids is 1. The summed E-state index contributed by atoms with van der Waals surface area (Å²) >= 11 is 0. The Morgan fingerprint density at radius 1 is 1.40 bits per heavy atom. The van der Waals surface area contributed by atoms with E-state index in [1.54, 1.807) is 0 Å². The second kappa shape index (κ2) is 6.82. The molecule has 0 bridgehead atoms. The molecular formula is C9H18BN2O3. The van der Waals surface area contributed by atoms with E-state index >= 15 is 0 Å². The summed E-state index contributed by atoms with van der Waals surface area (Å²) in [4.78, 5) is 11.2. The fourth-order valence-corrected chi connectivity index (χ4v) is 1.91. The molecule has 0 unspecified atom stereocenters. The second-order valence-corrected chi connectivity index (χ2v) is 3.84. The van der Waals surface area contributed by atoms with Gasteiger partial charge in [0, 0.05) is 13.2 Å². The third kappa shape index (κ3) is 4.64. The van der Waals surface area contributed by atoms with Crippen molar-refractivity contribution in [3.63, 3.8) is 0 Å². The zero-order chi connectivity index (χ0) is 11.1. The average Bonchev–Trinajstić information content (AvgIpc) is 2.22. The summed E-state index contributed by atoms with van der Waals surface area (Å²) in [7, 11) is 2.51. The topological polar surface area (TPSA) is 70.6 Å². The molecule has 0 aliphatic heterocycles. The lowest BCUT2D eigenvalue weighted by atomic mass is 9.90. The number of hydrogen-bond donors (Lipinski definition) is 3. The lowest BCUT2D eigenvalue weighted by Crippen LogP contribution is -2.43. The van der Waals surface area contributed by atoms with Crippen LogP contribution in [0.5, 0.6) is 0 Å². The maximum atomic E-state index is 11.2. The number of hydrogen-bond acceptors (Lipinski definition) is 4. The Morgan fingerprint density at radius 2 is 2.00 bits per heavy atom. The summed E-state index contributed by atoms with van der Waals surface area (Å²) in [6, 6.07) is 0.593. The van der Waals surface area contributed by atoms with Crippen LogP contribution < -0.4 is 10.5 Å². The van der Waals surface area contributed by atoms with Gasteiger partial charge >= 0.3 is 7.62 Å². The van der Waals surface area contributed by atoms with Crippen LogP contribution in [0.15, 0.2) is 0 Å². The Balaban J connectivity index is 2.16. The van der Waals surface area contributed by atoms with E-state index in [4.69, 9.17) is 9.76 Å². The minimum Gasteiger partial charge on any atom is -0.440 e. The number of carbonyl (C=O) groups is 1. The molecular weight excluding hydrogens is 195 g/mol. The molecule has 1 rings (SSSR count). The first-order valence-electron chi connectivity index (χ1n) is 5.26. The van der Waals surface area contributed by atoms with Crippen molar-refractivity contribution in [1.82, 2.24) is 10.5 Å². The van der Waals surface area contributed by atoms with Crippen molar-refractivity contribution in [2.24, 2.45) is 0 Å². The highest BCUT2D eigenvalue weighted by Crippen LogP contribution is 2.18. The van der Waals surface area contributed by atoms with E-state index in [1.807, 2.05) is 0 Å². The van der Waals surface area contributed by atoms with E-state index in [0.29, 0.717) is 6.04 Å². The Bertz CT molecular complexity index is 196. The SMILES string of the molecule is COCC(=O)NC1CCC(N[B]O)CC1. The Labute approximate surface area is 90.9 Å². The quantitative estimate of drug-likeness (QED) is 0.521. The minimum atomic E-state index is -0.0531. The molecule has 1 amide bonds. The maximum absolute atomic E-state index is 11.2. The number of amides is 1. The van der Waals surface area contributed by atoms with Crippen molar-refractivity contribution >= 4 is 13.5 Å². The lowest BCUT2D eigenvalue weighted by molar-refractivity contribution is -0.125. The van der Waals surface area contributed by atoms with Gasteiger partial charge in [0.15, 0.2) is 0 Å². The monoisotopic (exact) mass is 213 g/mol. The molecule has 3 N–H and O–H groups in total. The standard InChI is InChI=1S/C9H18BN2O3/c1-15-6-9(13)11-7-2-4-8(5-3-7)12-10-14/h7-8,12,14H,2-6H2,1H3,(H,11,13). The fraction of sp³-hybridized carbons (Fsp3) is 0.889. The van der Waals surface area contributed by atoms with Crippen LogP contribution in [0.3, 0.4) is 0 Å². The minimum absolute atomic E-state index is 0.0531. The summed E-state index contributed by atoms with van der Waals surface area (Å²) in [6.07, 6.45) is 3.83.